The quantitative estimate of drug-likeness (QED) is 0.334. The maximum Gasteiger partial charge on any atom is 0.312 e. The van der Waals surface area contributed by atoms with Crippen LogP contribution in [0.5, 0.6) is 0 Å². The Hall–Kier alpha value is -2.13. The molecule has 0 spiro atoms. The van der Waals surface area contributed by atoms with Crippen LogP contribution in [0.15, 0.2) is 6.33 Å². The zero-order valence-electron chi connectivity index (χ0n) is 19.3. The molecule has 32 heavy (non-hydrogen) atoms. The summed E-state index contributed by atoms with van der Waals surface area (Å²) in [5, 5.41) is 12.2. The van der Waals surface area contributed by atoms with Crippen LogP contribution in [0.1, 0.15) is 97.1 Å². The number of carbonyl (C=O) groups is 1. The molecule has 0 radical (unpaired) electrons. The molecule has 2 aromatic heterocycles. The molecule has 0 bridgehead atoms. The third kappa shape index (κ3) is 6.45. The topological polar surface area (TPSA) is 102 Å². The van der Waals surface area contributed by atoms with Gasteiger partial charge in [-0.15, -0.1) is 0 Å². The number of aliphatic hydroxyl groups excluding tert-OH is 1. The van der Waals surface area contributed by atoms with E-state index in [4.69, 9.17) is 4.74 Å². The molecule has 1 aliphatic rings. The number of ether oxygens (including phenoxy) is 1. The Labute approximate surface area is 189 Å². The second-order valence-corrected chi connectivity index (χ2v) is 9.01. The Bertz CT molecular complexity index is 890. The normalized spacial score (nSPS) is 20.8. The van der Waals surface area contributed by atoms with Crippen LogP contribution in [0.4, 0.5) is 10.2 Å². The van der Waals surface area contributed by atoms with Crippen LogP contribution in [0.25, 0.3) is 11.2 Å². The summed E-state index contributed by atoms with van der Waals surface area (Å²) >= 11 is 0. The lowest BCUT2D eigenvalue weighted by Gasteiger charge is -2.22. The van der Waals surface area contributed by atoms with E-state index in [-0.39, 0.29) is 24.0 Å². The van der Waals surface area contributed by atoms with Gasteiger partial charge in [0, 0.05) is 6.42 Å². The maximum atomic E-state index is 14.1. The molecule has 1 amide bonds. The molecule has 9 heteroatoms. The first-order valence-electron chi connectivity index (χ1n) is 11.9. The van der Waals surface area contributed by atoms with Crippen molar-refractivity contribution in [3.05, 3.63) is 12.4 Å². The Balaban J connectivity index is 1.52. The van der Waals surface area contributed by atoms with E-state index < -0.39 is 17.9 Å². The first kappa shape index (κ1) is 24.5. The smallest absolute Gasteiger partial charge is 0.312 e. The molecule has 8 nitrogen and oxygen atoms in total. The number of imidazole rings is 1. The van der Waals surface area contributed by atoms with Gasteiger partial charge in [0.05, 0.1) is 18.5 Å². The van der Waals surface area contributed by atoms with Crippen LogP contribution in [-0.4, -0.2) is 42.7 Å². The lowest BCUT2D eigenvalue weighted by atomic mass is 10.0. The third-order valence-corrected chi connectivity index (χ3v) is 6.14. The van der Waals surface area contributed by atoms with Gasteiger partial charge in [0.1, 0.15) is 6.23 Å². The van der Waals surface area contributed by atoms with E-state index in [2.05, 4.69) is 27.2 Å². The summed E-state index contributed by atoms with van der Waals surface area (Å²) in [6, 6.07) is 0. The van der Waals surface area contributed by atoms with Gasteiger partial charge in [-0.2, -0.15) is 14.4 Å². The van der Waals surface area contributed by atoms with E-state index in [0.717, 1.165) is 19.3 Å². The minimum atomic E-state index is -0.930. The van der Waals surface area contributed by atoms with Gasteiger partial charge in [-0.3, -0.25) is 9.36 Å². The Morgan fingerprint density at radius 2 is 1.91 bits per heavy atom. The Morgan fingerprint density at radius 1 is 1.22 bits per heavy atom. The number of halogens is 1. The second-order valence-electron chi connectivity index (χ2n) is 9.01. The van der Waals surface area contributed by atoms with Gasteiger partial charge in [0.2, 0.25) is 5.91 Å². The standard InChI is InChI=1S/C23H36FN5O3/c1-3-4-5-6-7-8-9-10-11-12-17(31)26-20-19-21(28-22(24)27-20)29(16-25-19)18-13-14-23(2,15-30)32-18/h16,18,30H,3-15H2,1-2H3,(H,26,27,28,31)/t18-,23+/m1/s1. The number of anilines is 1. The number of rotatable bonds is 13. The van der Waals surface area contributed by atoms with Crippen molar-refractivity contribution in [3.63, 3.8) is 0 Å². The van der Waals surface area contributed by atoms with Crippen molar-refractivity contribution in [2.75, 3.05) is 11.9 Å². The first-order valence-corrected chi connectivity index (χ1v) is 11.9. The summed E-state index contributed by atoms with van der Waals surface area (Å²) in [5.74, 6) is -0.123. The maximum absolute atomic E-state index is 14.1. The highest BCUT2D eigenvalue weighted by atomic mass is 19.1. The predicted octanol–water partition coefficient (Wildman–Crippen LogP) is 4.88. The summed E-state index contributed by atoms with van der Waals surface area (Å²) in [5.41, 5.74) is -0.0459. The van der Waals surface area contributed by atoms with Gasteiger partial charge in [-0.25, -0.2) is 4.98 Å². The molecule has 0 saturated carbocycles. The summed E-state index contributed by atoms with van der Waals surface area (Å²) < 4.78 is 21.7. The van der Waals surface area contributed by atoms with E-state index in [0.29, 0.717) is 24.8 Å². The molecule has 1 fully saturated rings. The Morgan fingerprint density at radius 3 is 2.56 bits per heavy atom. The fourth-order valence-electron chi connectivity index (χ4n) is 4.17. The predicted molar refractivity (Wildman–Crippen MR) is 121 cm³/mol. The van der Waals surface area contributed by atoms with E-state index in [9.17, 15) is 14.3 Å². The fourth-order valence-corrected chi connectivity index (χ4v) is 4.17. The monoisotopic (exact) mass is 449 g/mol. The minimum Gasteiger partial charge on any atom is -0.393 e. The average molecular weight is 450 g/mol. The van der Waals surface area contributed by atoms with Gasteiger partial charge in [-0.05, 0) is 26.2 Å². The third-order valence-electron chi connectivity index (χ3n) is 6.14. The molecule has 1 saturated heterocycles. The van der Waals surface area contributed by atoms with Crippen molar-refractivity contribution >= 4 is 22.9 Å². The van der Waals surface area contributed by atoms with E-state index in [1.54, 1.807) is 4.57 Å². The molecule has 3 rings (SSSR count). The minimum absolute atomic E-state index is 0.0788. The number of unbranched alkanes of at least 4 members (excludes halogenated alkanes) is 8. The van der Waals surface area contributed by atoms with Crippen molar-refractivity contribution < 1.29 is 19.0 Å². The van der Waals surface area contributed by atoms with Crippen LogP contribution in [0.2, 0.25) is 0 Å². The number of hydrogen-bond acceptors (Lipinski definition) is 6. The van der Waals surface area contributed by atoms with Gasteiger partial charge < -0.3 is 15.2 Å². The largest absolute Gasteiger partial charge is 0.393 e. The molecule has 0 aromatic carbocycles. The van der Waals surface area contributed by atoms with Crippen LogP contribution in [0.3, 0.4) is 0 Å². The summed E-state index contributed by atoms with van der Waals surface area (Å²) in [4.78, 5) is 24.3. The number of hydrogen-bond donors (Lipinski definition) is 2. The van der Waals surface area contributed by atoms with Gasteiger partial charge in [0.25, 0.3) is 0 Å². The van der Waals surface area contributed by atoms with Crippen molar-refractivity contribution in [2.45, 2.75) is 103 Å². The van der Waals surface area contributed by atoms with Crippen molar-refractivity contribution in [1.82, 2.24) is 19.5 Å². The molecule has 2 aromatic rings. The van der Waals surface area contributed by atoms with Crippen LogP contribution in [-0.2, 0) is 9.53 Å². The molecule has 1 aliphatic heterocycles. The number of amides is 1. The van der Waals surface area contributed by atoms with E-state index in [1.165, 1.54) is 44.9 Å². The molecule has 178 valence electrons. The number of nitrogens with one attached hydrogen (secondary N) is 1. The van der Waals surface area contributed by atoms with Crippen LogP contribution >= 0.6 is 0 Å². The number of nitrogens with zero attached hydrogens (tertiary/aromatic N) is 4. The first-order chi connectivity index (χ1) is 15.5. The average Bonchev–Trinajstić information content (AvgIpc) is 3.36. The van der Waals surface area contributed by atoms with Gasteiger partial charge >= 0.3 is 6.08 Å². The number of carbonyl (C=O) groups excluding carboxylic acids is 1. The summed E-state index contributed by atoms with van der Waals surface area (Å²) in [7, 11) is 0. The zero-order valence-corrected chi connectivity index (χ0v) is 19.3. The van der Waals surface area contributed by atoms with Crippen LogP contribution in [0, 0.1) is 6.08 Å². The molecule has 2 N–H and O–H groups in total. The second kappa shape index (κ2) is 11.7. The summed E-state index contributed by atoms with van der Waals surface area (Å²) in [6.45, 7) is 3.95. The SMILES string of the molecule is CCCCCCCCCCCC(=O)Nc1nc(F)nc2c1ncn2[C@H]1CC[C@@](C)(CO)O1. The molecule has 0 aliphatic carbocycles. The van der Waals surface area contributed by atoms with Crippen molar-refractivity contribution in [1.29, 1.82) is 0 Å². The summed E-state index contributed by atoms with van der Waals surface area (Å²) in [6.07, 6.45) is 12.4. The number of aromatic nitrogens is 4. The fraction of sp³-hybridized carbons (Fsp3) is 0.739. The van der Waals surface area contributed by atoms with E-state index in [1.807, 2.05) is 6.92 Å². The van der Waals surface area contributed by atoms with Crippen LogP contribution < -0.4 is 5.32 Å². The highest BCUT2D eigenvalue weighted by Crippen LogP contribution is 2.37. The molecular formula is C23H36FN5O3. The lowest BCUT2D eigenvalue weighted by Crippen LogP contribution is -2.28. The molecular weight excluding hydrogens is 413 g/mol. The van der Waals surface area contributed by atoms with Crippen molar-refractivity contribution in [3.8, 4) is 0 Å². The highest BCUT2D eigenvalue weighted by Gasteiger charge is 2.37. The molecule has 3 heterocycles. The molecule has 0 unspecified atom stereocenters. The highest BCUT2D eigenvalue weighted by molar-refractivity contribution is 5.96. The molecule has 2 atom stereocenters. The number of fused-ring (bicyclic) bond motifs is 1. The van der Waals surface area contributed by atoms with Gasteiger partial charge in [0.15, 0.2) is 17.0 Å². The zero-order chi connectivity index (χ0) is 23.0. The van der Waals surface area contributed by atoms with Crippen molar-refractivity contribution in [2.24, 2.45) is 0 Å². The van der Waals surface area contributed by atoms with Gasteiger partial charge in [-0.1, -0.05) is 58.3 Å². The number of aliphatic hydroxyl groups is 1. The Kier molecular flexibility index (Phi) is 8.92. The lowest BCUT2D eigenvalue weighted by molar-refractivity contribution is -0.116. The van der Waals surface area contributed by atoms with E-state index >= 15 is 0 Å².